The molecule has 1 aromatic heterocycles. The van der Waals surface area contributed by atoms with Crippen molar-refractivity contribution < 1.29 is 18.0 Å². The number of aromatic amines is 1. The Balaban J connectivity index is 1.52. The van der Waals surface area contributed by atoms with Crippen molar-refractivity contribution in [3.8, 4) is 0 Å². The molecule has 34 heavy (non-hydrogen) atoms. The third-order valence-electron chi connectivity index (χ3n) is 6.58. The lowest BCUT2D eigenvalue weighted by Gasteiger charge is -2.31. The quantitative estimate of drug-likeness (QED) is 0.555. The topological polar surface area (TPSA) is 78.7 Å². The van der Waals surface area contributed by atoms with Gasteiger partial charge in [-0.25, -0.2) is 13.6 Å². The van der Waals surface area contributed by atoms with Crippen LogP contribution in [-0.2, 0) is 4.79 Å². The van der Waals surface area contributed by atoms with Crippen molar-refractivity contribution >= 4 is 34.3 Å². The number of para-hydroxylation sites is 1. The van der Waals surface area contributed by atoms with E-state index >= 15 is 0 Å². The number of amides is 1. The maximum atomic E-state index is 14.2. The molecule has 1 unspecified atom stereocenters. The van der Waals surface area contributed by atoms with Crippen LogP contribution in [0.4, 0.5) is 8.78 Å². The minimum absolute atomic E-state index is 0.0832. The normalized spacial score (nSPS) is 20.5. The molecular formula is C25H20ClF2N3O3. The standard InChI is InChI=1S/C25H20ClF2N3O3/c1-25(27,28)11-31-21(13-7-8-17(26)15(9-13)12-5-6-12)19-16(23(31)32)10-29-20(19)14-3-2-4-18-22(14)34-24(33)30-18/h2-4,7-9,12,21H,5-6,10-11H2,1H3,(H,30,33). The molecule has 0 bridgehead atoms. The van der Waals surface area contributed by atoms with Gasteiger partial charge in [0.2, 0.25) is 0 Å². The highest BCUT2D eigenvalue weighted by Crippen LogP contribution is 2.48. The molecule has 1 N–H and O–H groups in total. The molecule has 1 saturated carbocycles. The van der Waals surface area contributed by atoms with Crippen LogP contribution in [0.25, 0.3) is 11.1 Å². The molecule has 2 aromatic carbocycles. The van der Waals surface area contributed by atoms with Gasteiger partial charge in [0.1, 0.15) is 0 Å². The predicted molar refractivity (Wildman–Crippen MR) is 124 cm³/mol. The second-order valence-electron chi connectivity index (χ2n) is 9.21. The molecule has 3 aliphatic rings. The number of carbonyl (C=O) groups is 1. The van der Waals surface area contributed by atoms with Gasteiger partial charge < -0.3 is 9.32 Å². The van der Waals surface area contributed by atoms with E-state index in [9.17, 15) is 18.4 Å². The number of fused-ring (bicyclic) bond motifs is 1. The second kappa shape index (κ2) is 7.37. The summed E-state index contributed by atoms with van der Waals surface area (Å²) in [6.45, 7) is 0.171. The average Bonchev–Trinajstić information content (AvgIpc) is 3.33. The molecule has 1 aliphatic carbocycles. The Labute approximate surface area is 197 Å². The number of hydrogen-bond acceptors (Lipinski definition) is 4. The van der Waals surface area contributed by atoms with Crippen LogP contribution in [0.1, 0.15) is 48.4 Å². The number of alkyl halides is 2. The van der Waals surface area contributed by atoms with E-state index in [1.54, 1.807) is 30.3 Å². The summed E-state index contributed by atoms with van der Waals surface area (Å²) >= 11 is 6.43. The summed E-state index contributed by atoms with van der Waals surface area (Å²) in [5, 5.41) is 0.635. The smallest absolute Gasteiger partial charge is 0.407 e. The zero-order valence-electron chi connectivity index (χ0n) is 18.2. The number of halogens is 3. The summed E-state index contributed by atoms with van der Waals surface area (Å²) in [6.07, 6.45) is 2.05. The summed E-state index contributed by atoms with van der Waals surface area (Å²) in [7, 11) is 0. The van der Waals surface area contributed by atoms with Crippen LogP contribution in [0.2, 0.25) is 5.02 Å². The van der Waals surface area contributed by atoms with E-state index < -0.39 is 30.2 Å². The van der Waals surface area contributed by atoms with E-state index in [1.807, 2.05) is 6.07 Å². The predicted octanol–water partition coefficient (Wildman–Crippen LogP) is 4.99. The van der Waals surface area contributed by atoms with Crippen molar-refractivity contribution in [1.82, 2.24) is 9.88 Å². The van der Waals surface area contributed by atoms with Crippen molar-refractivity contribution in [3.63, 3.8) is 0 Å². The molecule has 2 aliphatic heterocycles. The first-order valence-electron chi connectivity index (χ1n) is 11.1. The molecule has 174 valence electrons. The number of carbonyl (C=O) groups excluding carboxylic acids is 1. The number of oxazole rings is 1. The largest absolute Gasteiger partial charge is 0.417 e. The molecule has 0 radical (unpaired) electrons. The minimum atomic E-state index is -3.08. The van der Waals surface area contributed by atoms with Crippen LogP contribution in [0.15, 0.2) is 61.7 Å². The Morgan fingerprint density at radius 3 is 2.76 bits per heavy atom. The van der Waals surface area contributed by atoms with Crippen LogP contribution in [0.5, 0.6) is 0 Å². The monoisotopic (exact) mass is 483 g/mol. The third-order valence-corrected chi connectivity index (χ3v) is 6.93. The Kier molecular flexibility index (Phi) is 4.61. The first kappa shape index (κ1) is 21.3. The van der Waals surface area contributed by atoms with E-state index in [0.29, 0.717) is 50.0 Å². The lowest BCUT2D eigenvalue weighted by Crippen LogP contribution is -2.40. The van der Waals surface area contributed by atoms with E-state index in [0.717, 1.165) is 25.3 Å². The number of aliphatic imine (C=N–C) groups is 1. The molecule has 3 aromatic rings. The van der Waals surface area contributed by atoms with E-state index in [4.69, 9.17) is 16.0 Å². The highest BCUT2D eigenvalue weighted by atomic mass is 35.5. The number of rotatable bonds is 5. The Morgan fingerprint density at radius 1 is 1.24 bits per heavy atom. The number of H-pyrrole nitrogens is 1. The second-order valence-corrected chi connectivity index (χ2v) is 9.62. The van der Waals surface area contributed by atoms with Gasteiger partial charge in [0.05, 0.1) is 30.4 Å². The summed E-state index contributed by atoms with van der Waals surface area (Å²) in [4.78, 5) is 33.6. The first-order valence-corrected chi connectivity index (χ1v) is 11.5. The summed E-state index contributed by atoms with van der Waals surface area (Å²) < 4.78 is 33.8. The fraction of sp³-hybridized carbons (Fsp3) is 0.320. The van der Waals surface area contributed by atoms with Gasteiger partial charge in [-0.2, -0.15) is 0 Å². The van der Waals surface area contributed by atoms with E-state index in [2.05, 4.69) is 9.98 Å². The molecule has 3 heterocycles. The lowest BCUT2D eigenvalue weighted by atomic mass is 9.90. The number of benzene rings is 2. The number of nitrogens with one attached hydrogen (secondary N) is 1. The molecular weight excluding hydrogens is 464 g/mol. The lowest BCUT2D eigenvalue weighted by molar-refractivity contribution is -0.132. The maximum Gasteiger partial charge on any atom is 0.417 e. The fourth-order valence-corrected chi connectivity index (χ4v) is 5.31. The van der Waals surface area contributed by atoms with Gasteiger partial charge >= 0.3 is 5.76 Å². The molecule has 1 amide bonds. The van der Waals surface area contributed by atoms with Crippen LogP contribution >= 0.6 is 11.6 Å². The summed E-state index contributed by atoms with van der Waals surface area (Å²) in [5.41, 5.74) is 4.49. The van der Waals surface area contributed by atoms with Gasteiger partial charge in [-0.1, -0.05) is 29.8 Å². The minimum Gasteiger partial charge on any atom is -0.407 e. The third kappa shape index (κ3) is 3.39. The van der Waals surface area contributed by atoms with Crippen molar-refractivity contribution in [2.75, 3.05) is 13.1 Å². The zero-order valence-corrected chi connectivity index (χ0v) is 19.0. The van der Waals surface area contributed by atoms with Gasteiger partial charge in [-0.05, 0) is 48.1 Å². The van der Waals surface area contributed by atoms with Crippen molar-refractivity contribution in [1.29, 1.82) is 0 Å². The molecule has 0 saturated heterocycles. The average molecular weight is 484 g/mol. The van der Waals surface area contributed by atoms with Gasteiger partial charge in [0.25, 0.3) is 11.8 Å². The molecule has 1 fully saturated rings. The van der Waals surface area contributed by atoms with Gasteiger partial charge in [-0.15, -0.1) is 0 Å². The molecule has 6 rings (SSSR count). The SMILES string of the molecule is CC(F)(F)CN1C(=O)C2=C(C(c3cccc4[nH]c(=O)oc34)=NC2)C1c1ccc(Cl)c(C2CC2)c1. The molecule has 9 heteroatoms. The summed E-state index contributed by atoms with van der Waals surface area (Å²) in [6, 6.07) is 9.96. The van der Waals surface area contributed by atoms with Crippen molar-refractivity contribution in [2.24, 2.45) is 4.99 Å². The maximum absolute atomic E-state index is 14.2. The Bertz CT molecular complexity index is 1480. The molecule has 0 spiro atoms. The van der Waals surface area contributed by atoms with Gasteiger partial charge in [0.15, 0.2) is 5.58 Å². The van der Waals surface area contributed by atoms with Crippen LogP contribution in [-0.4, -0.2) is 40.5 Å². The highest BCUT2D eigenvalue weighted by molar-refractivity contribution is 6.31. The highest BCUT2D eigenvalue weighted by Gasteiger charge is 2.47. The van der Waals surface area contributed by atoms with E-state index in [-0.39, 0.29) is 6.54 Å². The van der Waals surface area contributed by atoms with Crippen LogP contribution < -0.4 is 5.76 Å². The zero-order chi connectivity index (χ0) is 23.8. The number of aromatic nitrogens is 1. The summed E-state index contributed by atoms with van der Waals surface area (Å²) in [5.74, 6) is -3.79. The molecule has 6 nitrogen and oxygen atoms in total. The first-order chi connectivity index (χ1) is 16.2. The van der Waals surface area contributed by atoms with Gasteiger partial charge in [0, 0.05) is 28.7 Å². The fourth-order valence-electron chi connectivity index (χ4n) is 5.03. The number of hydrogen-bond donors (Lipinski definition) is 1. The molecule has 1 atom stereocenters. The van der Waals surface area contributed by atoms with Crippen LogP contribution in [0, 0.1) is 0 Å². The van der Waals surface area contributed by atoms with Crippen molar-refractivity contribution in [2.45, 2.75) is 37.6 Å². The number of nitrogens with zero attached hydrogens (tertiary/aromatic N) is 2. The Hall–Kier alpha value is -3.26. The Morgan fingerprint density at radius 2 is 2.03 bits per heavy atom. The van der Waals surface area contributed by atoms with Crippen molar-refractivity contribution in [3.05, 3.63) is 79.8 Å². The van der Waals surface area contributed by atoms with Crippen LogP contribution in [0.3, 0.4) is 0 Å². The van der Waals surface area contributed by atoms with Gasteiger partial charge in [-0.3, -0.25) is 14.8 Å². The van der Waals surface area contributed by atoms with E-state index in [1.165, 1.54) is 4.90 Å².